The summed E-state index contributed by atoms with van der Waals surface area (Å²) in [6.07, 6.45) is 3.87. The Morgan fingerprint density at radius 3 is 2.64 bits per heavy atom. The molecule has 2 aromatic carbocycles. The largest absolute Gasteiger partial charge is 0.488 e. The van der Waals surface area contributed by atoms with E-state index in [4.69, 9.17) is 9.84 Å². The third-order valence-corrected chi connectivity index (χ3v) is 5.53. The van der Waals surface area contributed by atoms with Crippen molar-refractivity contribution in [3.05, 3.63) is 95.0 Å². The minimum atomic E-state index is 0.00596. The van der Waals surface area contributed by atoms with Crippen LogP contribution in [0.25, 0.3) is 22.3 Å². The lowest BCUT2D eigenvalue weighted by molar-refractivity contribution is 0.100. The number of nitrogens with zero attached hydrogens (tertiary/aromatic N) is 2. The quantitative estimate of drug-likeness (QED) is 0.453. The molecule has 0 aliphatic carbocycles. The molecular weight excluding hydrogens is 368 g/mol. The van der Waals surface area contributed by atoms with E-state index >= 15 is 0 Å². The monoisotopic (exact) mass is 384 g/mol. The number of Topliss-reactive ketones (excluding diaryl/α,β-unsaturated/α-hetero) is 1. The minimum Gasteiger partial charge on any atom is -0.488 e. The van der Waals surface area contributed by atoms with E-state index in [0.717, 1.165) is 21.8 Å². The third-order valence-electron chi connectivity index (χ3n) is 4.65. The molecule has 4 aromatic rings. The van der Waals surface area contributed by atoms with Crippen molar-refractivity contribution in [3.8, 4) is 22.0 Å². The number of ether oxygens (including phenoxy) is 1. The van der Waals surface area contributed by atoms with E-state index in [2.05, 4.69) is 0 Å². The summed E-state index contributed by atoms with van der Waals surface area (Å²) in [5.41, 5.74) is 3.97. The predicted molar refractivity (Wildman–Crippen MR) is 111 cm³/mol. The molecule has 0 saturated heterocycles. The van der Waals surface area contributed by atoms with Gasteiger partial charge in [0.15, 0.2) is 5.78 Å². The van der Waals surface area contributed by atoms with Gasteiger partial charge in [0.25, 0.3) is 0 Å². The first-order valence-corrected chi connectivity index (χ1v) is 9.83. The SMILES string of the molecule is O=C1/C(=C\c2cn(-c3ccccc3)nc2-c2cccs2)COc2ccccc21. The van der Waals surface area contributed by atoms with Gasteiger partial charge in [-0.25, -0.2) is 4.68 Å². The van der Waals surface area contributed by atoms with Gasteiger partial charge >= 0.3 is 0 Å². The Labute approximate surface area is 166 Å². The number of carbonyl (C=O) groups is 1. The highest BCUT2D eigenvalue weighted by atomic mass is 32.1. The van der Waals surface area contributed by atoms with E-state index < -0.39 is 0 Å². The molecule has 2 aromatic heterocycles. The topological polar surface area (TPSA) is 44.1 Å². The zero-order valence-corrected chi connectivity index (χ0v) is 15.7. The maximum Gasteiger partial charge on any atom is 0.196 e. The summed E-state index contributed by atoms with van der Waals surface area (Å²) in [5, 5.41) is 6.81. The molecule has 0 radical (unpaired) electrons. The molecule has 5 heteroatoms. The van der Waals surface area contributed by atoms with Gasteiger partial charge in [0, 0.05) is 17.3 Å². The van der Waals surface area contributed by atoms with Gasteiger partial charge in [-0.3, -0.25) is 4.79 Å². The lowest BCUT2D eigenvalue weighted by atomic mass is 9.98. The van der Waals surface area contributed by atoms with E-state index in [-0.39, 0.29) is 12.4 Å². The Bertz CT molecular complexity index is 1170. The Morgan fingerprint density at radius 2 is 1.82 bits per heavy atom. The van der Waals surface area contributed by atoms with Crippen LogP contribution in [0.3, 0.4) is 0 Å². The molecule has 5 rings (SSSR count). The standard InChI is InChI=1S/C23H16N2O2S/c26-23-17(15-27-20-10-5-4-9-19(20)23)13-16-14-25(18-7-2-1-3-8-18)24-22(16)21-11-6-12-28-21/h1-14H,15H2/b17-13-. The van der Waals surface area contributed by atoms with Crippen molar-refractivity contribution in [2.24, 2.45) is 0 Å². The molecule has 4 nitrogen and oxygen atoms in total. The number of rotatable bonds is 3. The molecule has 1 aliphatic heterocycles. The second-order valence-corrected chi connectivity index (χ2v) is 7.42. The number of fused-ring (bicyclic) bond motifs is 1. The highest BCUT2D eigenvalue weighted by Gasteiger charge is 2.24. The van der Waals surface area contributed by atoms with Crippen LogP contribution < -0.4 is 4.74 Å². The highest BCUT2D eigenvalue weighted by Crippen LogP contribution is 2.32. The van der Waals surface area contributed by atoms with Gasteiger partial charge in [-0.15, -0.1) is 11.3 Å². The fraction of sp³-hybridized carbons (Fsp3) is 0.0435. The second kappa shape index (κ2) is 6.94. The lowest BCUT2D eigenvalue weighted by Crippen LogP contribution is -2.18. The molecule has 0 bridgehead atoms. The minimum absolute atomic E-state index is 0.00596. The molecule has 28 heavy (non-hydrogen) atoms. The highest BCUT2D eigenvalue weighted by molar-refractivity contribution is 7.13. The van der Waals surface area contributed by atoms with E-state index in [1.165, 1.54) is 0 Å². The van der Waals surface area contributed by atoms with Crippen molar-refractivity contribution in [1.29, 1.82) is 0 Å². The first-order chi connectivity index (χ1) is 13.8. The molecule has 0 N–H and O–H groups in total. The van der Waals surface area contributed by atoms with Crippen LogP contribution in [0.5, 0.6) is 5.75 Å². The van der Waals surface area contributed by atoms with Gasteiger partial charge < -0.3 is 4.74 Å². The molecule has 0 saturated carbocycles. The van der Waals surface area contributed by atoms with E-state index in [1.807, 2.05) is 83.0 Å². The fourth-order valence-corrected chi connectivity index (χ4v) is 4.01. The average Bonchev–Trinajstić information content (AvgIpc) is 3.41. The van der Waals surface area contributed by atoms with E-state index in [1.54, 1.807) is 17.4 Å². The van der Waals surface area contributed by atoms with E-state index in [0.29, 0.717) is 16.9 Å². The predicted octanol–water partition coefficient (Wildman–Crippen LogP) is 5.26. The van der Waals surface area contributed by atoms with Crippen molar-refractivity contribution < 1.29 is 9.53 Å². The van der Waals surface area contributed by atoms with Crippen molar-refractivity contribution in [3.63, 3.8) is 0 Å². The van der Waals surface area contributed by atoms with Crippen LogP contribution in [0.1, 0.15) is 15.9 Å². The number of aromatic nitrogens is 2. The van der Waals surface area contributed by atoms with Crippen LogP contribution >= 0.6 is 11.3 Å². The number of benzene rings is 2. The number of ketones is 1. The summed E-state index contributed by atoms with van der Waals surface area (Å²) in [7, 11) is 0. The van der Waals surface area contributed by atoms with Crippen LogP contribution in [-0.2, 0) is 0 Å². The van der Waals surface area contributed by atoms with Gasteiger partial charge in [0.05, 0.1) is 16.1 Å². The lowest BCUT2D eigenvalue weighted by Gasteiger charge is -2.18. The molecule has 136 valence electrons. The van der Waals surface area contributed by atoms with Crippen LogP contribution in [0.4, 0.5) is 0 Å². The summed E-state index contributed by atoms with van der Waals surface area (Å²) in [6, 6.07) is 21.4. The molecule has 3 heterocycles. The first kappa shape index (κ1) is 16.7. The summed E-state index contributed by atoms with van der Waals surface area (Å²) in [5.74, 6) is 0.648. The molecule has 1 aliphatic rings. The zero-order chi connectivity index (χ0) is 18.9. The van der Waals surface area contributed by atoms with E-state index in [9.17, 15) is 4.79 Å². The fourth-order valence-electron chi connectivity index (χ4n) is 3.28. The Balaban J connectivity index is 1.61. The molecule has 0 atom stereocenters. The van der Waals surface area contributed by atoms with Crippen LogP contribution in [0.2, 0.25) is 0 Å². The summed E-state index contributed by atoms with van der Waals surface area (Å²) in [6.45, 7) is 0.260. The maximum atomic E-state index is 12.9. The van der Waals surface area contributed by atoms with Crippen LogP contribution in [0, 0.1) is 0 Å². The van der Waals surface area contributed by atoms with Gasteiger partial charge in [-0.05, 0) is 41.8 Å². The Kier molecular flexibility index (Phi) is 4.14. The van der Waals surface area contributed by atoms with Crippen LogP contribution in [-0.4, -0.2) is 22.2 Å². The van der Waals surface area contributed by atoms with Crippen LogP contribution in [0.15, 0.2) is 83.9 Å². The Hall–Kier alpha value is -3.44. The van der Waals surface area contributed by atoms with Crippen molar-refractivity contribution in [1.82, 2.24) is 9.78 Å². The van der Waals surface area contributed by atoms with Gasteiger partial charge in [0.1, 0.15) is 18.1 Å². The second-order valence-electron chi connectivity index (χ2n) is 6.47. The van der Waals surface area contributed by atoms with Gasteiger partial charge in [-0.2, -0.15) is 5.10 Å². The maximum absolute atomic E-state index is 12.9. The van der Waals surface area contributed by atoms with Crippen molar-refractivity contribution >= 4 is 23.2 Å². The number of carbonyl (C=O) groups excluding carboxylic acids is 1. The summed E-state index contributed by atoms with van der Waals surface area (Å²) >= 11 is 1.63. The summed E-state index contributed by atoms with van der Waals surface area (Å²) < 4.78 is 7.64. The van der Waals surface area contributed by atoms with Crippen molar-refractivity contribution in [2.45, 2.75) is 0 Å². The zero-order valence-electron chi connectivity index (χ0n) is 14.9. The van der Waals surface area contributed by atoms with Gasteiger partial charge in [-0.1, -0.05) is 36.4 Å². The third kappa shape index (κ3) is 2.96. The van der Waals surface area contributed by atoms with Gasteiger partial charge in [0.2, 0.25) is 0 Å². The first-order valence-electron chi connectivity index (χ1n) is 8.96. The van der Waals surface area contributed by atoms with Crippen molar-refractivity contribution in [2.75, 3.05) is 6.61 Å². The molecular formula is C23H16N2O2S. The Morgan fingerprint density at radius 1 is 1.00 bits per heavy atom. The number of hydrogen-bond acceptors (Lipinski definition) is 4. The smallest absolute Gasteiger partial charge is 0.196 e. The normalized spacial score (nSPS) is 14.7. The molecule has 0 fully saturated rings. The molecule has 0 unspecified atom stereocenters. The average molecular weight is 384 g/mol. The molecule has 0 spiro atoms. The summed E-state index contributed by atoms with van der Waals surface area (Å²) in [4.78, 5) is 14.0. The molecule has 0 amide bonds. The number of hydrogen-bond donors (Lipinski definition) is 0. The number of thiophene rings is 1. The number of para-hydroxylation sites is 2.